The van der Waals surface area contributed by atoms with Crippen molar-refractivity contribution in [2.24, 2.45) is 0 Å². The first-order valence-electron chi connectivity index (χ1n) is 14.2. The van der Waals surface area contributed by atoms with E-state index in [1.165, 1.54) is 29.2 Å². The molecule has 0 bridgehead atoms. The van der Waals surface area contributed by atoms with Gasteiger partial charge in [-0.1, -0.05) is 12.1 Å². The fraction of sp³-hybridized carbons (Fsp3) is 0.483. The number of nitrogens with zero attached hydrogens (tertiary/aromatic N) is 2. The van der Waals surface area contributed by atoms with E-state index in [1.807, 2.05) is 0 Å². The van der Waals surface area contributed by atoms with E-state index in [9.17, 15) is 35.6 Å². The molecular weight excluding hydrogens is 633 g/mol. The van der Waals surface area contributed by atoms with Crippen LogP contribution in [0.5, 0.6) is 5.75 Å². The van der Waals surface area contributed by atoms with E-state index in [0.717, 1.165) is 24.3 Å². The molecule has 246 valence electrons. The van der Waals surface area contributed by atoms with E-state index in [0.29, 0.717) is 36.2 Å². The number of morpholine rings is 1. The molecule has 2 amide bonds. The van der Waals surface area contributed by atoms with Crippen molar-refractivity contribution in [2.45, 2.75) is 49.8 Å². The third-order valence-electron chi connectivity index (χ3n) is 6.90. The number of sulfonamides is 1. The van der Waals surface area contributed by atoms with Gasteiger partial charge in [-0.3, -0.25) is 4.79 Å². The Morgan fingerprint density at radius 2 is 1.69 bits per heavy atom. The molecule has 0 saturated carbocycles. The van der Waals surface area contributed by atoms with Crippen LogP contribution in [0.2, 0.25) is 0 Å². The molecule has 4 rings (SSSR count). The van der Waals surface area contributed by atoms with Gasteiger partial charge in [-0.25, -0.2) is 35.1 Å². The molecule has 0 spiro atoms. The molecule has 2 atom stereocenters. The van der Waals surface area contributed by atoms with Crippen LogP contribution in [0.3, 0.4) is 0 Å². The van der Waals surface area contributed by atoms with Crippen molar-refractivity contribution in [3.63, 3.8) is 0 Å². The van der Waals surface area contributed by atoms with E-state index < -0.39 is 72.0 Å². The normalized spacial score (nSPS) is 19.3. The second-order valence-electron chi connectivity index (χ2n) is 11.6. The van der Waals surface area contributed by atoms with E-state index in [2.05, 4.69) is 5.32 Å². The zero-order valence-electron chi connectivity index (χ0n) is 25.1. The molecule has 1 unspecified atom stereocenters. The molecule has 0 radical (unpaired) electrons. The van der Waals surface area contributed by atoms with Crippen LogP contribution in [0.4, 0.5) is 9.18 Å². The fourth-order valence-electron chi connectivity index (χ4n) is 4.72. The standard InChI is InChI=1S/C29H36FN3O10S2/c1-29(2,3)43-27(35)25(18-20-4-8-22(9-5-20)42-28(36)32-13-15-41-16-14-32)33(26(34)24-19-44(37,38)17-12-31-24)45(39,40)23-10-6-21(30)7-11-23/h4-11,24-25,31H,12-19H2,1-3H3/t24?,25-/m0/s1. The third-order valence-corrected chi connectivity index (χ3v) is 10.4. The Morgan fingerprint density at radius 3 is 2.27 bits per heavy atom. The summed E-state index contributed by atoms with van der Waals surface area (Å²) < 4.78 is 83.1. The largest absolute Gasteiger partial charge is 0.458 e. The van der Waals surface area contributed by atoms with Gasteiger partial charge in [0.05, 0.1) is 29.6 Å². The minimum absolute atomic E-state index is 0.106. The molecule has 0 aromatic heterocycles. The van der Waals surface area contributed by atoms with Gasteiger partial charge in [0.15, 0.2) is 9.84 Å². The van der Waals surface area contributed by atoms with Crippen LogP contribution in [-0.4, -0.2) is 106 Å². The van der Waals surface area contributed by atoms with Crippen LogP contribution in [0.1, 0.15) is 26.3 Å². The number of halogens is 1. The number of esters is 1. The molecule has 2 aliphatic heterocycles. The minimum Gasteiger partial charge on any atom is -0.458 e. The maximum atomic E-state index is 14.0. The van der Waals surface area contributed by atoms with Crippen LogP contribution >= 0.6 is 0 Å². The highest BCUT2D eigenvalue weighted by atomic mass is 32.2. The highest BCUT2D eigenvalue weighted by molar-refractivity contribution is 7.91. The molecule has 2 aromatic rings. The Balaban J connectivity index is 1.71. The number of nitrogens with one attached hydrogen (secondary N) is 1. The van der Waals surface area contributed by atoms with Crippen LogP contribution < -0.4 is 10.1 Å². The summed E-state index contributed by atoms with van der Waals surface area (Å²) >= 11 is 0. The van der Waals surface area contributed by atoms with Gasteiger partial charge in [-0.15, -0.1) is 0 Å². The molecule has 2 fully saturated rings. The van der Waals surface area contributed by atoms with Crippen molar-refractivity contribution in [3.05, 3.63) is 59.9 Å². The minimum atomic E-state index is -4.86. The molecule has 2 saturated heterocycles. The van der Waals surface area contributed by atoms with Crippen molar-refractivity contribution in [1.82, 2.24) is 14.5 Å². The summed E-state index contributed by atoms with van der Waals surface area (Å²) in [6.45, 7) is 6.11. The maximum absolute atomic E-state index is 14.0. The Labute approximate surface area is 261 Å². The van der Waals surface area contributed by atoms with Gasteiger partial charge < -0.3 is 24.4 Å². The van der Waals surface area contributed by atoms with E-state index in [4.69, 9.17) is 14.2 Å². The lowest BCUT2D eigenvalue weighted by Crippen LogP contribution is -2.60. The van der Waals surface area contributed by atoms with Crippen molar-refractivity contribution in [1.29, 1.82) is 0 Å². The van der Waals surface area contributed by atoms with Crippen LogP contribution in [0, 0.1) is 5.82 Å². The highest BCUT2D eigenvalue weighted by Gasteiger charge is 2.45. The molecule has 2 aliphatic rings. The van der Waals surface area contributed by atoms with Crippen LogP contribution in [-0.2, 0) is 45.3 Å². The number of ether oxygens (including phenoxy) is 3. The first-order valence-corrected chi connectivity index (χ1v) is 17.5. The van der Waals surface area contributed by atoms with Crippen LogP contribution in [0.15, 0.2) is 53.4 Å². The molecular formula is C29H36FN3O10S2. The third kappa shape index (κ3) is 8.99. The lowest BCUT2D eigenvalue weighted by molar-refractivity contribution is -0.162. The number of carbonyl (C=O) groups excluding carboxylic acids is 3. The Bertz CT molecular complexity index is 1600. The Morgan fingerprint density at radius 1 is 1.07 bits per heavy atom. The highest BCUT2D eigenvalue weighted by Crippen LogP contribution is 2.26. The SMILES string of the molecule is CC(C)(C)OC(=O)[C@H](Cc1ccc(OC(=O)N2CCOCC2)cc1)N(C(=O)C1CS(=O)(=O)CCN1)S(=O)(=O)c1ccc(F)cc1. The molecule has 2 aromatic carbocycles. The van der Waals surface area contributed by atoms with Gasteiger partial charge in [0.1, 0.15) is 29.3 Å². The summed E-state index contributed by atoms with van der Waals surface area (Å²) in [6.07, 6.45) is -0.951. The number of hydrogen-bond donors (Lipinski definition) is 1. The van der Waals surface area contributed by atoms with Crippen molar-refractivity contribution < 1.29 is 49.8 Å². The lowest BCUT2D eigenvalue weighted by atomic mass is 10.0. The van der Waals surface area contributed by atoms with E-state index in [1.54, 1.807) is 20.8 Å². The first kappa shape index (κ1) is 34.3. The number of rotatable bonds is 8. The quantitative estimate of drug-likeness (QED) is 0.405. The molecule has 45 heavy (non-hydrogen) atoms. The number of carbonyl (C=O) groups is 3. The summed E-state index contributed by atoms with van der Waals surface area (Å²) in [6, 6.07) is 6.29. The van der Waals surface area contributed by atoms with Gasteiger partial charge >= 0.3 is 12.1 Å². The van der Waals surface area contributed by atoms with Crippen molar-refractivity contribution in [2.75, 3.05) is 44.4 Å². The van der Waals surface area contributed by atoms with Crippen molar-refractivity contribution >= 4 is 37.8 Å². The van der Waals surface area contributed by atoms with E-state index in [-0.39, 0.29) is 24.5 Å². The number of sulfone groups is 1. The summed E-state index contributed by atoms with van der Waals surface area (Å²) in [5, 5.41) is 2.74. The average molecular weight is 670 g/mol. The van der Waals surface area contributed by atoms with E-state index >= 15 is 0 Å². The fourth-order valence-corrected chi connectivity index (χ4v) is 7.65. The lowest BCUT2D eigenvalue weighted by Gasteiger charge is -2.35. The zero-order valence-corrected chi connectivity index (χ0v) is 26.7. The first-order chi connectivity index (χ1) is 21.1. The van der Waals surface area contributed by atoms with Gasteiger partial charge in [0, 0.05) is 26.1 Å². The number of benzene rings is 2. The smallest absolute Gasteiger partial charge is 0.415 e. The van der Waals surface area contributed by atoms with Gasteiger partial charge in [0.25, 0.3) is 15.9 Å². The van der Waals surface area contributed by atoms with Gasteiger partial charge in [-0.2, -0.15) is 0 Å². The van der Waals surface area contributed by atoms with Gasteiger partial charge in [-0.05, 0) is 62.7 Å². The number of hydrogen-bond acceptors (Lipinski definition) is 11. The zero-order chi connectivity index (χ0) is 33.0. The second kappa shape index (κ2) is 13.8. The summed E-state index contributed by atoms with van der Waals surface area (Å²) in [5.41, 5.74) is -0.721. The van der Waals surface area contributed by atoms with Crippen LogP contribution in [0.25, 0.3) is 0 Å². The maximum Gasteiger partial charge on any atom is 0.415 e. The Kier molecular flexibility index (Phi) is 10.5. The average Bonchev–Trinajstić information content (AvgIpc) is 2.97. The summed E-state index contributed by atoms with van der Waals surface area (Å²) in [4.78, 5) is 41.1. The number of amides is 2. The van der Waals surface area contributed by atoms with Crippen molar-refractivity contribution in [3.8, 4) is 5.75 Å². The molecule has 0 aliphatic carbocycles. The molecule has 1 N–H and O–H groups in total. The second-order valence-corrected chi connectivity index (χ2v) is 15.6. The molecule has 16 heteroatoms. The molecule has 2 heterocycles. The Hall–Kier alpha value is -3.60. The predicted octanol–water partition coefficient (Wildman–Crippen LogP) is 1.51. The monoisotopic (exact) mass is 669 g/mol. The molecule has 13 nitrogen and oxygen atoms in total. The summed E-state index contributed by atoms with van der Waals surface area (Å²) in [7, 11) is -8.57. The topological polar surface area (TPSA) is 166 Å². The summed E-state index contributed by atoms with van der Waals surface area (Å²) in [5.74, 6) is -3.74. The van der Waals surface area contributed by atoms with Gasteiger partial charge in [0.2, 0.25) is 0 Å². The predicted molar refractivity (Wildman–Crippen MR) is 159 cm³/mol.